The van der Waals surface area contributed by atoms with Crippen LogP contribution >= 0.6 is 0 Å². The van der Waals surface area contributed by atoms with Crippen molar-refractivity contribution in [3.8, 4) is 0 Å². The second kappa shape index (κ2) is 16.7. The molecule has 0 aromatic heterocycles. The molecule has 1 atom stereocenters. The summed E-state index contributed by atoms with van der Waals surface area (Å²) < 4.78 is 10.8. The van der Waals surface area contributed by atoms with Crippen LogP contribution in [-0.4, -0.2) is 88.7 Å². The first-order chi connectivity index (χ1) is 21.8. The third-order valence-electron chi connectivity index (χ3n) is 9.03. The molecular weight excluding hydrogens is 562 g/mol. The van der Waals surface area contributed by atoms with Gasteiger partial charge in [0, 0.05) is 55.1 Å². The van der Waals surface area contributed by atoms with Crippen LogP contribution in [0.2, 0.25) is 0 Å². The molecule has 0 amide bonds. The molecule has 0 saturated carbocycles. The first kappa shape index (κ1) is 34.4. The maximum atomic E-state index is 13.6. The molecule has 2 fully saturated rings. The molecule has 0 N–H and O–H groups in total. The van der Waals surface area contributed by atoms with Crippen LogP contribution in [0.1, 0.15) is 65.0 Å². The predicted molar refractivity (Wildman–Crippen MR) is 184 cm³/mol. The van der Waals surface area contributed by atoms with E-state index < -0.39 is 5.54 Å². The van der Waals surface area contributed by atoms with Gasteiger partial charge in [0.1, 0.15) is 0 Å². The average molecular weight is 614 g/mol. The summed E-state index contributed by atoms with van der Waals surface area (Å²) in [4.78, 5) is 32.0. The summed E-state index contributed by atoms with van der Waals surface area (Å²) in [7, 11) is 4.02. The SMILES string of the molecule is CCC(Cc1ccc(C)cc1)(C(=O)c1ccc(N2CCOCC2)cc1)N(C)C.CCCC(=O)c1ccc(N2CCOCC2)cc1. The second-order valence-electron chi connectivity index (χ2n) is 12.2. The van der Waals surface area contributed by atoms with Crippen LogP contribution in [0.15, 0.2) is 72.8 Å². The highest BCUT2D eigenvalue weighted by atomic mass is 16.5. The monoisotopic (exact) mass is 613 g/mol. The van der Waals surface area contributed by atoms with Crippen LogP contribution in [0.25, 0.3) is 0 Å². The molecule has 2 aliphatic rings. The van der Waals surface area contributed by atoms with Crippen molar-refractivity contribution in [3.63, 3.8) is 0 Å². The Balaban J connectivity index is 0.000000231. The molecule has 0 bridgehead atoms. The van der Waals surface area contributed by atoms with E-state index in [-0.39, 0.29) is 11.6 Å². The molecule has 2 saturated heterocycles. The number of likely N-dealkylation sites (N-methyl/N-ethyl adjacent to an activating group) is 1. The Morgan fingerprint density at radius 3 is 1.60 bits per heavy atom. The van der Waals surface area contributed by atoms with E-state index in [4.69, 9.17) is 9.47 Å². The number of morpholine rings is 2. The zero-order valence-electron chi connectivity index (χ0n) is 27.9. The summed E-state index contributed by atoms with van der Waals surface area (Å²) in [6, 6.07) is 24.6. The van der Waals surface area contributed by atoms with Crippen LogP contribution in [0.5, 0.6) is 0 Å². The van der Waals surface area contributed by atoms with E-state index in [1.165, 1.54) is 16.8 Å². The van der Waals surface area contributed by atoms with Crippen molar-refractivity contribution >= 4 is 22.9 Å². The molecule has 1 unspecified atom stereocenters. The first-order valence-corrected chi connectivity index (χ1v) is 16.4. The summed E-state index contributed by atoms with van der Waals surface area (Å²) in [6.45, 7) is 13.0. The summed E-state index contributed by atoms with van der Waals surface area (Å²) >= 11 is 0. The fraction of sp³-hybridized carbons (Fsp3) is 0.474. The number of ketones is 2. The van der Waals surface area contributed by atoms with E-state index in [2.05, 4.69) is 64.9 Å². The number of rotatable bonds is 11. The Morgan fingerprint density at radius 1 is 0.711 bits per heavy atom. The van der Waals surface area contributed by atoms with Crippen LogP contribution in [0.3, 0.4) is 0 Å². The maximum Gasteiger partial charge on any atom is 0.183 e. The van der Waals surface area contributed by atoms with Gasteiger partial charge < -0.3 is 19.3 Å². The van der Waals surface area contributed by atoms with Crippen molar-refractivity contribution in [2.24, 2.45) is 0 Å². The average Bonchev–Trinajstić information content (AvgIpc) is 3.09. The smallest absolute Gasteiger partial charge is 0.183 e. The molecule has 242 valence electrons. The van der Waals surface area contributed by atoms with Gasteiger partial charge in [-0.05, 0) is 94.4 Å². The molecule has 0 aliphatic carbocycles. The van der Waals surface area contributed by atoms with E-state index in [1.807, 2.05) is 57.4 Å². The summed E-state index contributed by atoms with van der Waals surface area (Å²) in [5.41, 5.74) is 5.82. The molecule has 45 heavy (non-hydrogen) atoms. The lowest BCUT2D eigenvalue weighted by molar-refractivity contribution is 0.0666. The van der Waals surface area contributed by atoms with E-state index in [0.29, 0.717) is 12.8 Å². The van der Waals surface area contributed by atoms with Crippen LogP contribution in [0.4, 0.5) is 11.4 Å². The van der Waals surface area contributed by atoms with Crippen molar-refractivity contribution in [1.29, 1.82) is 0 Å². The molecule has 0 spiro atoms. The molecule has 3 aromatic rings. The van der Waals surface area contributed by atoms with E-state index in [9.17, 15) is 9.59 Å². The number of hydrogen-bond acceptors (Lipinski definition) is 7. The minimum atomic E-state index is -0.546. The number of aryl methyl sites for hydroxylation is 1. The zero-order valence-corrected chi connectivity index (χ0v) is 27.9. The minimum absolute atomic E-state index is 0.189. The van der Waals surface area contributed by atoms with Crippen molar-refractivity contribution in [2.45, 2.75) is 52.0 Å². The van der Waals surface area contributed by atoms with Crippen molar-refractivity contribution in [3.05, 3.63) is 95.1 Å². The molecule has 2 aliphatic heterocycles. The van der Waals surface area contributed by atoms with E-state index in [1.54, 1.807) is 0 Å². The molecule has 7 nitrogen and oxygen atoms in total. The van der Waals surface area contributed by atoms with Gasteiger partial charge in [-0.15, -0.1) is 0 Å². The topological polar surface area (TPSA) is 62.3 Å². The fourth-order valence-electron chi connectivity index (χ4n) is 6.05. The molecule has 5 rings (SSSR count). The second-order valence-corrected chi connectivity index (χ2v) is 12.2. The largest absolute Gasteiger partial charge is 0.378 e. The van der Waals surface area contributed by atoms with Crippen molar-refractivity contribution in [2.75, 3.05) is 76.5 Å². The van der Waals surface area contributed by atoms with Gasteiger partial charge in [-0.2, -0.15) is 0 Å². The fourth-order valence-corrected chi connectivity index (χ4v) is 6.05. The van der Waals surface area contributed by atoms with Gasteiger partial charge >= 0.3 is 0 Å². The van der Waals surface area contributed by atoms with Crippen LogP contribution in [0, 0.1) is 6.92 Å². The number of nitrogens with zero attached hydrogens (tertiary/aromatic N) is 3. The molecule has 7 heteroatoms. The summed E-state index contributed by atoms with van der Waals surface area (Å²) in [6.07, 6.45) is 3.01. The highest BCUT2D eigenvalue weighted by molar-refractivity contribution is 6.03. The van der Waals surface area contributed by atoms with Gasteiger partial charge in [0.15, 0.2) is 11.6 Å². The standard InChI is InChI=1S/C24H32N2O2.C14H19NO2/c1-5-24(25(3)4,18-20-8-6-19(2)7-9-20)23(27)21-10-12-22(13-11-21)26-14-16-28-17-15-26;1-2-3-14(16)12-4-6-13(7-5-12)15-8-10-17-11-9-15/h6-13H,5,14-18H2,1-4H3;4-7H,2-3,8-11H2,1H3. The van der Waals surface area contributed by atoms with Gasteiger partial charge in [0.05, 0.1) is 32.0 Å². The number of carbonyl (C=O) groups is 2. The Kier molecular flexibility index (Phi) is 12.7. The van der Waals surface area contributed by atoms with Gasteiger partial charge in [-0.1, -0.05) is 43.7 Å². The van der Waals surface area contributed by atoms with Crippen LogP contribution < -0.4 is 9.80 Å². The Bertz CT molecular complexity index is 1340. The van der Waals surface area contributed by atoms with E-state index >= 15 is 0 Å². The Hall–Kier alpha value is -3.52. The van der Waals surface area contributed by atoms with Gasteiger partial charge in [-0.3, -0.25) is 14.5 Å². The van der Waals surface area contributed by atoms with Crippen molar-refractivity contribution < 1.29 is 19.1 Å². The number of ether oxygens (including phenoxy) is 2. The lowest BCUT2D eigenvalue weighted by Crippen LogP contribution is -2.52. The first-order valence-electron chi connectivity index (χ1n) is 16.4. The minimum Gasteiger partial charge on any atom is -0.378 e. The molecule has 3 aromatic carbocycles. The third kappa shape index (κ3) is 9.03. The Labute approximate surface area is 270 Å². The highest BCUT2D eigenvalue weighted by Gasteiger charge is 2.39. The predicted octanol–water partition coefficient (Wildman–Crippen LogP) is 6.47. The lowest BCUT2D eigenvalue weighted by atomic mass is 9.80. The summed E-state index contributed by atoms with van der Waals surface area (Å²) in [5, 5.41) is 0. The lowest BCUT2D eigenvalue weighted by Gasteiger charge is -2.38. The number of hydrogen-bond donors (Lipinski definition) is 0. The van der Waals surface area contributed by atoms with Gasteiger partial charge in [0.25, 0.3) is 0 Å². The van der Waals surface area contributed by atoms with E-state index in [0.717, 1.165) is 82.3 Å². The van der Waals surface area contributed by atoms with Gasteiger partial charge in [-0.25, -0.2) is 0 Å². The zero-order chi connectivity index (χ0) is 32.2. The van der Waals surface area contributed by atoms with Gasteiger partial charge in [0.2, 0.25) is 0 Å². The molecule has 2 heterocycles. The maximum absolute atomic E-state index is 13.6. The van der Waals surface area contributed by atoms with Crippen molar-refractivity contribution in [1.82, 2.24) is 4.90 Å². The number of Topliss-reactive ketones (excluding diaryl/α,β-unsaturated/α-hetero) is 2. The molecule has 0 radical (unpaired) electrons. The molecular formula is C38H51N3O4. The number of benzene rings is 3. The normalized spacial score (nSPS) is 16.5. The highest BCUT2D eigenvalue weighted by Crippen LogP contribution is 2.29. The number of anilines is 2. The third-order valence-corrected chi connectivity index (χ3v) is 9.03. The summed E-state index contributed by atoms with van der Waals surface area (Å²) in [5.74, 6) is 0.426. The number of carbonyl (C=O) groups excluding carboxylic acids is 2. The van der Waals surface area contributed by atoms with Crippen LogP contribution in [-0.2, 0) is 15.9 Å². The quantitative estimate of drug-likeness (QED) is 0.230. The Morgan fingerprint density at radius 2 is 1.18 bits per heavy atom.